The van der Waals surface area contributed by atoms with Crippen molar-refractivity contribution in [3.8, 4) is 5.75 Å². The molecule has 0 unspecified atom stereocenters. The second-order valence-corrected chi connectivity index (χ2v) is 4.70. The Hall–Kier alpha value is -1.56. The average Bonchev–Trinajstić information content (AvgIpc) is 2.73. The third-order valence-corrected chi connectivity index (χ3v) is 2.84. The molecule has 6 heteroatoms. The summed E-state index contributed by atoms with van der Waals surface area (Å²) >= 11 is 3.19. The summed E-state index contributed by atoms with van der Waals surface area (Å²) in [7, 11) is 0. The Morgan fingerprint density at radius 2 is 2.22 bits per heavy atom. The fourth-order valence-electron chi connectivity index (χ4n) is 1.50. The summed E-state index contributed by atoms with van der Waals surface area (Å²) in [5, 5.41) is 4.04. The van der Waals surface area contributed by atoms with Crippen LogP contribution in [0.5, 0.6) is 5.75 Å². The van der Waals surface area contributed by atoms with Crippen LogP contribution in [0.3, 0.4) is 0 Å². The normalized spacial score (nSPS) is 10.6. The third-order valence-electron chi connectivity index (χ3n) is 2.34. The lowest BCUT2D eigenvalue weighted by Crippen LogP contribution is -2.06. The van der Waals surface area contributed by atoms with E-state index in [0.717, 1.165) is 6.42 Å². The molecule has 0 aliphatic heterocycles. The lowest BCUT2D eigenvalue weighted by Gasteiger charge is -2.07. The minimum atomic E-state index is -0.368. The number of rotatable bonds is 5. The van der Waals surface area contributed by atoms with Gasteiger partial charge in [0.1, 0.15) is 5.82 Å². The Labute approximate surface area is 113 Å². The maximum Gasteiger partial charge on any atom is 0.166 e. The summed E-state index contributed by atoms with van der Waals surface area (Å²) < 4.78 is 21.2. The molecule has 0 spiro atoms. The van der Waals surface area contributed by atoms with Crippen LogP contribution in [-0.4, -0.2) is 16.4 Å². The number of ether oxygens (including phenoxy) is 1. The molecule has 2 aromatic rings. The van der Waals surface area contributed by atoms with Crippen LogP contribution in [0.2, 0.25) is 0 Å². The summed E-state index contributed by atoms with van der Waals surface area (Å²) in [5.74, 6) is 0.390. The molecule has 0 bridgehead atoms. The van der Waals surface area contributed by atoms with Crippen molar-refractivity contribution in [1.82, 2.24) is 9.78 Å². The average molecular weight is 314 g/mol. The lowest BCUT2D eigenvalue weighted by molar-refractivity contribution is 0.285. The van der Waals surface area contributed by atoms with E-state index in [1.165, 1.54) is 6.07 Å². The van der Waals surface area contributed by atoms with Crippen LogP contribution in [-0.2, 0) is 6.54 Å². The van der Waals surface area contributed by atoms with Crippen molar-refractivity contribution < 1.29 is 9.13 Å². The van der Waals surface area contributed by atoms with Gasteiger partial charge in [0.05, 0.1) is 6.61 Å². The molecule has 1 heterocycles. The molecule has 0 saturated carbocycles. The minimum absolute atomic E-state index is 0.262. The Kier molecular flexibility index (Phi) is 4.19. The molecule has 18 heavy (non-hydrogen) atoms. The highest BCUT2D eigenvalue weighted by Gasteiger charge is 2.03. The first kappa shape index (κ1) is 12.9. The zero-order valence-corrected chi connectivity index (χ0v) is 11.2. The zero-order chi connectivity index (χ0) is 13.0. The summed E-state index contributed by atoms with van der Waals surface area (Å²) in [6.45, 7) is 1.12. The van der Waals surface area contributed by atoms with Gasteiger partial charge in [-0.25, -0.2) is 4.39 Å². The molecular weight excluding hydrogens is 301 g/mol. The van der Waals surface area contributed by atoms with Crippen LogP contribution in [0.25, 0.3) is 0 Å². The summed E-state index contributed by atoms with van der Waals surface area (Å²) in [5.41, 5.74) is 5.49. The molecule has 0 atom stereocenters. The van der Waals surface area contributed by atoms with Crippen LogP contribution in [0.1, 0.15) is 6.42 Å². The summed E-state index contributed by atoms with van der Waals surface area (Å²) in [4.78, 5) is 0. The number of hydrogen-bond acceptors (Lipinski definition) is 3. The van der Waals surface area contributed by atoms with Crippen LogP contribution < -0.4 is 10.5 Å². The van der Waals surface area contributed by atoms with Crippen LogP contribution in [0.15, 0.2) is 34.9 Å². The zero-order valence-electron chi connectivity index (χ0n) is 9.64. The van der Waals surface area contributed by atoms with E-state index in [4.69, 9.17) is 10.5 Å². The number of hydrogen-bond donors (Lipinski definition) is 1. The molecule has 1 aromatic carbocycles. The number of nitrogens with two attached hydrogens (primary N) is 1. The molecule has 0 saturated heterocycles. The molecule has 1 aromatic heterocycles. The second-order valence-electron chi connectivity index (χ2n) is 3.78. The van der Waals surface area contributed by atoms with Gasteiger partial charge in [-0.05, 0) is 24.3 Å². The highest BCUT2D eigenvalue weighted by Crippen LogP contribution is 2.21. The maximum absolute atomic E-state index is 13.4. The second kappa shape index (κ2) is 5.86. The van der Waals surface area contributed by atoms with Gasteiger partial charge in [0.15, 0.2) is 11.6 Å². The highest BCUT2D eigenvalue weighted by molar-refractivity contribution is 9.10. The monoisotopic (exact) mass is 313 g/mol. The number of aromatic nitrogens is 2. The summed E-state index contributed by atoms with van der Waals surface area (Å²) in [6.07, 6.45) is 2.53. The van der Waals surface area contributed by atoms with Crippen LogP contribution in [0.4, 0.5) is 10.2 Å². The smallest absolute Gasteiger partial charge is 0.166 e. The fourth-order valence-corrected chi connectivity index (χ4v) is 1.84. The SMILES string of the molecule is Nc1ccn(CCCOc2ccc(Br)cc2F)n1. The van der Waals surface area contributed by atoms with E-state index in [-0.39, 0.29) is 11.6 Å². The van der Waals surface area contributed by atoms with E-state index in [1.54, 1.807) is 29.1 Å². The van der Waals surface area contributed by atoms with Gasteiger partial charge in [0, 0.05) is 23.6 Å². The number of aryl methyl sites for hydroxylation is 1. The first-order chi connectivity index (χ1) is 8.65. The van der Waals surface area contributed by atoms with Crippen molar-refractivity contribution in [2.24, 2.45) is 0 Å². The van der Waals surface area contributed by atoms with Crippen LogP contribution >= 0.6 is 15.9 Å². The van der Waals surface area contributed by atoms with Gasteiger partial charge in [-0.15, -0.1) is 0 Å². The van der Waals surface area contributed by atoms with E-state index >= 15 is 0 Å². The fraction of sp³-hybridized carbons (Fsp3) is 0.250. The van der Waals surface area contributed by atoms with Gasteiger partial charge < -0.3 is 10.5 Å². The van der Waals surface area contributed by atoms with Gasteiger partial charge in [0.25, 0.3) is 0 Å². The largest absolute Gasteiger partial charge is 0.490 e. The molecule has 0 aliphatic rings. The van der Waals surface area contributed by atoms with E-state index in [9.17, 15) is 4.39 Å². The number of anilines is 1. The van der Waals surface area contributed by atoms with Crippen molar-refractivity contribution in [2.75, 3.05) is 12.3 Å². The van der Waals surface area contributed by atoms with E-state index < -0.39 is 0 Å². The molecule has 2 N–H and O–H groups in total. The quantitative estimate of drug-likeness (QED) is 0.864. The molecule has 0 radical (unpaired) electrons. The predicted octanol–water partition coefficient (Wildman–Crippen LogP) is 2.84. The van der Waals surface area contributed by atoms with E-state index in [2.05, 4.69) is 21.0 Å². The Bertz CT molecular complexity index is 530. The van der Waals surface area contributed by atoms with Crippen LogP contribution in [0, 0.1) is 5.82 Å². The molecule has 0 fully saturated rings. The highest BCUT2D eigenvalue weighted by atomic mass is 79.9. The molecular formula is C12H13BrFN3O. The predicted molar refractivity (Wildman–Crippen MR) is 70.9 cm³/mol. The third kappa shape index (κ3) is 3.46. The van der Waals surface area contributed by atoms with Gasteiger partial charge in [-0.3, -0.25) is 4.68 Å². The number of nitrogen functional groups attached to an aromatic ring is 1. The van der Waals surface area contributed by atoms with Gasteiger partial charge in [-0.1, -0.05) is 15.9 Å². The number of nitrogens with zero attached hydrogens (tertiary/aromatic N) is 2. The van der Waals surface area contributed by atoms with Crippen molar-refractivity contribution >= 4 is 21.7 Å². The van der Waals surface area contributed by atoms with Gasteiger partial charge in [0.2, 0.25) is 0 Å². The van der Waals surface area contributed by atoms with Crippen molar-refractivity contribution in [2.45, 2.75) is 13.0 Å². The van der Waals surface area contributed by atoms with Crippen molar-refractivity contribution in [3.63, 3.8) is 0 Å². The Morgan fingerprint density at radius 3 is 2.89 bits per heavy atom. The molecule has 0 aliphatic carbocycles. The molecule has 2 rings (SSSR count). The van der Waals surface area contributed by atoms with E-state index in [0.29, 0.717) is 23.4 Å². The first-order valence-electron chi connectivity index (χ1n) is 5.52. The lowest BCUT2D eigenvalue weighted by atomic mass is 10.3. The number of halogens is 2. The summed E-state index contributed by atoms with van der Waals surface area (Å²) in [6, 6.07) is 6.46. The molecule has 96 valence electrons. The Morgan fingerprint density at radius 1 is 1.39 bits per heavy atom. The first-order valence-corrected chi connectivity index (χ1v) is 6.31. The minimum Gasteiger partial charge on any atom is -0.490 e. The number of benzene rings is 1. The van der Waals surface area contributed by atoms with E-state index in [1.807, 2.05) is 0 Å². The maximum atomic E-state index is 13.4. The molecule has 0 amide bonds. The molecule has 4 nitrogen and oxygen atoms in total. The van der Waals surface area contributed by atoms with Crippen molar-refractivity contribution in [1.29, 1.82) is 0 Å². The van der Waals surface area contributed by atoms with Gasteiger partial charge in [-0.2, -0.15) is 5.10 Å². The standard InChI is InChI=1S/C12H13BrFN3O/c13-9-2-3-11(10(14)8-9)18-7-1-5-17-6-4-12(15)16-17/h2-4,6,8H,1,5,7H2,(H2,15,16). The van der Waals surface area contributed by atoms with Crippen molar-refractivity contribution in [3.05, 3.63) is 40.8 Å². The topological polar surface area (TPSA) is 53.1 Å². The van der Waals surface area contributed by atoms with Gasteiger partial charge >= 0.3 is 0 Å². The Balaban J connectivity index is 1.78.